The molecule has 1 aliphatic rings. The maximum absolute atomic E-state index is 12.5. The van der Waals surface area contributed by atoms with Crippen molar-refractivity contribution in [3.63, 3.8) is 0 Å². The molecule has 146 valence electrons. The molecule has 0 aliphatic carbocycles. The summed E-state index contributed by atoms with van der Waals surface area (Å²) in [5, 5.41) is 18.6. The molecule has 2 rings (SSSR count). The number of nitrogens with one attached hydrogen (secondary N) is 2. The van der Waals surface area contributed by atoms with Gasteiger partial charge in [-0.15, -0.1) is 0 Å². The van der Waals surface area contributed by atoms with Crippen LogP contribution in [0.5, 0.6) is 0 Å². The molecule has 0 spiro atoms. The number of ether oxygens (including phenoxy) is 1. The SMILES string of the molecule is C[C@@H](NC(=O)c1ccc(C(=N)N)cc1)C(=O)N1CCC(OCC(=O)O)CC1. The maximum atomic E-state index is 12.5. The van der Waals surface area contributed by atoms with Crippen LogP contribution in [0.25, 0.3) is 0 Å². The van der Waals surface area contributed by atoms with Gasteiger partial charge >= 0.3 is 5.97 Å². The zero-order valence-electron chi connectivity index (χ0n) is 15.1. The largest absolute Gasteiger partial charge is 0.480 e. The lowest BCUT2D eigenvalue weighted by Gasteiger charge is -2.33. The highest BCUT2D eigenvalue weighted by Crippen LogP contribution is 2.15. The van der Waals surface area contributed by atoms with Crippen LogP contribution in [0, 0.1) is 5.41 Å². The Morgan fingerprint density at radius 2 is 1.81 bits per heavy atom. The number of piperidine rings is 1. The topological polar surface area (TPSA) is 146 Å². The van der Waals surface area contributed by atoms with E-state index in [2.05, 4.69) is 5.32 Å². The third kappa shape index (κ3) is 5.78. The van der Waals surface area contributed by atoms with Crippen molar-refractivity contribution in [1.29, 1.82) is 5.41 Å². The molecule has 0 bridgehead atoms. The van der Waals surface area contributed by atoms with Crippen LogP contribution >= 0.6 is 0 Å². The number of carboxylic acid groups (broad SMARTS) is 1. The van der Waals surface area contributed by atoms with Crippen LogP contribution in [0.15, 0.2) is 24.3 Å². The van der Waals surface area contributed by atoms with E-state index in [-0.39, 0.29) is 30.4 Å². The molecule has 1 aromatic carbocycles. The van der Waals surface area contributed by atoms with Gasteiger partial charge < -0.3 is 25.8 Å². The average molecular weight is 376 g/mol. The van der Waals surface area contributed by atoms with Crippen molar-refractivity contribution in [3.05, 3.63) is 35.4 Å². The minimum Gasteiger partial charge on any atom is -0.480 e. The number of amides is 2. The Hall–Kier alpha value is -2.94. The van der Waals surface area contributed by atoms with Gasteiger partial charge in [0, 0.05) is 24.2 Å². The van der Waals surface area contributed by atoms with Crippen molar-refractivity contribution >= 4 is 23.6 Å². The van der Waals surface area contributed by atoms with E-state index in [9.17, 15) is 14.4 Å². The predicted molar refractivity (Wildman–Crippen MR) is 97.6 cm³/mol. The average Bonchev–Trinajstić information content (AvgIpc) is 2.66. The molecular weight excluding hydrogens is 352 g/mol. The van der Waals surface area contributed by atoms with Gasteiger partial charge in [0.25, 0.3) is 5.91 Å². The lowest BCUT2D eigenvalue weighted by Crippen LogP contribution is -2.50. The van der Waals surface area contributed by atoms with Crippen molar-refractivity contribution in [1.82, 2.24) is 10.2 Å². The summed E-state index contributed by atoms with van der Waals surface area (Å²) in [5.41, 5.74) is 6.27. The van der Waals surface area contributed by atoms with Crippen molar-refractivity contribution in [2.75, 3.05) is 19.7 Å². The molecule has 27 heavy (non-hydrogen) atoms. The van der Waals surface area contributed by atoms with Gasteiger partial charge in [0.15, 0.2) is 0 Å². The van der Waals surface area contributed by atoms with Crippen LogP contribution in [-0.2, 0) is 14.3 Å². The van der Waals surface area contributed by atoms with E-state index in [1.165, 1.54) is 0 Å². The van der Waals surface area contributed by atoms with Gasteiger partial charge in [-0.1, -0.05) is 12.1 Å². The Balaban J connectivity index is 1.84. The van der Waals surface area contributed by atoms with Crippen LogP contribution in [-0.4, -0.2) is 65.5 Å². The number of nitrogens with two attached hydrogens (primary N) is 1. The van der Waals surface area contributed by atoms with Crippen molar-refractivity contribution in [2.45, 2.75) is 31.9 Å². The Morgan fingerprint density at radius 3 is 2.33 bits per heavy atom. The van der Waals surface area contributed by atoms with Crippen molar-refractivity contribution < 1.29 is 24.2 Å². The fraction of sp³-hybridized carbons (Fsp3) is 0.444. The number of hydrogen-bond donors (Lipinski definition) is 4. The first kappa shape index (κ1) is 20.4. The number of likely N-dealkylation sites (tertiary alicyclic amines) is 1. The zero-order valence-corrected chi connectivity index (χ0v) is 15.1. The molecule has 2 amide bonds. The van der Waals surface area contributed by atoms with Gasteiger partial charge in [0.05, 0.1) is 6.10 Å². The second kappa shape index (κ2) is 9.13. The maximum Gasteiger partial charge on any atom is 0.329 e. The molecule has 0 radical (unpaired) electrons. The highest BCUT2D eigenvalue weighted by molar-refractivity contribution is 5.99. The monoisotopic (exact) mass is 376 g/mol. The highest BCUT2D eigenvalue weighted by atomic mass is 16.5. The summed E-state index contributed by atoms with van der Waals surface area (Å²) in [7, 11) is 0. The van der Waals surface area contributed by atoms with E-state index in [0.717, 1.165) is 0 Å². The van der Waals surface area contributed by atoms with Crippen molar-refractivity contribution in [3.8, 4) is 0 Å². The molecule has 5 N–H and O–H groups in total. The summed E-state index contributed by atoms with van der Waals surface area (Å²) < 4.78 is 5.25. The number of carboxylic acids is 1. The van der Waals surface area contributed by atoms with Crippen LogP contribution in [0.4, 0.5) is 0 Å². The lowest BCUT2D eigenvalue weighted by atomic mass is 10.1. The molecule has 1 aliphatic heterocycles. The standard InChI is InChI=1S/C18H24N4O5/c1-11(21-17(25)13-4-2-12(3-5-13)16(19)20)18(26)22-8-6-14(7-9-22)27-10-15(23)24/h2-5,11,14H,6-10H2,1H3,(H3,19,20)(H,21,25)(H,23,24)/t11-/m1/s1. The molecule has 1 saturated heterocycles. The quantitative estimate of drug-likeness (QED) is 0.394. The molecule has 0 aromatic heterocycles. The first-order valence-corrected chi connectivity index (χ1v) is 8.65. The van der Waals surface area contributed by atoms with E-state index in [1.807, 2.05) is 0 Å². The number of nitrogen functional groups attached to an aromatic ring is 1. The van der Waals surface area contributed by atoms with Gasteiger partial charge in [-0.2, -0.15) is 0 Å². The number of hydrogen-bond acceptors (Lipinski definition) is 5. The van der Waals surface area contributed by atoms with Gasteiger partial charge in [-0.25, -0.2) is 4.79 Å². The number of amidine groups is 1. The number of rotatable bonds is 7. The van der Waals surface area contributed by atoms with Gasteiger partial charge in [0.2, 0.25) is 5.91 Å². The Kier molecular flexibility index (Phi) is 6.89. The van der Waals surface area contributed by atoms with Crippen LogP contribution < -0.4 is 11.1 Å². The fourth-order valence-electron chi connectivity index (χ4n) is 2.85. The third-order valence-corrected chi connectivity index (χ3v) is 4.37. The fourth-order valence-corrected chi connectivity index (χ4v) is 2.85. The summed E-state index contributed by atoms with van der Waals surface area (Å²) in [6, 6.07) is 5.56. The molecular formula is C18H24N4O5. The smallest absolute Gasteiger partial charge is 0.329 e. The number of carbonyl (C=O) groups excluding carboxylic acids is 2. The molecule has 9 heteroatoms. The van der Waals surface area contributed by atoms with Crippen LogP contribution in [0.2, 0.25) is 0 Å². The summed E-state index contributed by atoms with van der Waals surface area (Å²) in [4.78, 5) is 37.0. The van der Waals surface area contributed by atoms with Crippen LogP contribution in [0.1, 0.15) is 35.7 Å². The molecule has 1 aromatic rings. The molecule has 1 atom stereocenters. The number of carbonyl (C=O) groups is 3. The van der Waals surface area contributed by atoms with Gasteiger partial charge in [-0.05, 0) is 31.9 Å². The summed E-state index contributed by atoms with van der Waals surface area (Å²) >= 11 is 0. The molecule has 1 heterocycles. The first-order chi connectivity index (χ1) is 12.8. The normalized spacial score (nSPS) is 15.8. The molecule has 9 nitrogen and oxygen atoms in total. The Labute approximate surface area is 157 Å². The number of aliphatic carboxylic acids is 1. The second-order valence-electron chi connectivity index (χ2n) is 6.42. The second-order valence-corrected chi connectivity index (χ2v) is 6.42. The van der Waals surface area contributed by atoms with E-state index < -0.39 is 12.0 Å². The minimum atomic E-state index is -1.01. The zero-order chi connectivity index (χ0) is 20.0. The first-order valence-electron chi connectivity index (χ1n) is 8.65. The third-order valence-electron chi connectivity index (χ3n) is 4.37. The van der Waals surface area contributed by atoms with E-state index in [0.29, 0.717) is 37.1 Å². The highest BCUT2D eigenvalue weighted by Gasteiger charge is 2.27. The van der Waals surface area contributed by atoms with Gasteiger partial charge in [-0.3, -0.25) is 15.0 Å². The molecule has 0 unspecified atom stereocenters. The number of nitrogens with zero attached hydrogens (tertiary/aromatic N) is 1. The van der Waals surface area contributed by atoms with Crippen LogP contribution in [0.3, 0.4) is 0 Å². The van der Waals surface area contributed by atoms with E-state index in [4.69, 9.17) is 21.0 Å². The summed E-state index contributed by atoms with van der Waals surface area (Å²) in [5.74, 6) is -1.67. The lowest BCUT2D eigenvalue weighted by molar-refractivity contribution is -0.147. The van der Waals surface area contributed by atoms with E-state index >= 15 is 0 Å². The minimum absolute atomic E-state index is 0.0822. The Bertz CT molecular complexity index is 711. The molecule has 0 saturated carbocycles. The summed E-state index contributed by atoms with van der Waals surface area (Å²) in [6.45, 7) is 2.19. The predicted octanol–water partition coefficient (Wildman–Crippen LogP) is 0.181. The van der Waals surface area contributed by atoms with Crippen molar-refractivity contribution in [2.24, 2.45) is 5.73 Å². The summed E-state index contributed by atoms with van der Waals surface area (Å²) in [6.07, 6.45) is 0.952. The Morgan fingerprint density at radius 1 is 1.26 bits per heavy atom. The molecule has 1 fully saturated rings. The number of benzene rings is 1. The van der Waals surface area contributed by atoms with E-state index in [1.54, 1.807) is 36.1 Å². The van der Waals surface area contributed by atoms with Gasteiger partial charge in [0.1, 0.15) is 18.5 Å².